The van der Waals surface area contributed by atoms with Crippen LogP contribution in [0.1, 0.15) is 93.2 Å². The van der Waals surface area contributed by atoms with Crippen LogP contribution in [0.15, 0.2) is 12.1 Å². The van der Waals surface area contributed by atoms with Gasteiger partial charge >= 0.3 is 0 Å². The lowest BCUT2D eigenvalue weighted by molar-refractivity contribution is -0.140. The highest BCUT2D eigenvalue weighted by atomic mass is 32.2. The molecule has 1 saturated heterocycles. The number of carbonyl (C=O) groups is 2. The molecule has 2 unspecified atom stereocenters. The summed E-state index contributed by atoms with van der Waals surface area (Å²) in [4.78, 5) is 30.1. The monoisotopic (exact) mass is 565 g/mol. The van der Waals surface area contributed by atoms with Gasteiger partial charge in [0.05, 0.1) is 17.2 Å². The van der Waals surface area contributed by atoms with E-state index in [0.717, 1.165) is 62.7 Å². The standard InChI is InChI=1S/C27H43N5O4S2/c28-25(29)24-14-13-21(37-24)17-30-26(33)23-12-7-15-32(23)27(34)22(16-19-8-3-1-4-9-19)31-38(35,36)18-20-10-5-2-6-11-20/h13-14,19-20,22-23,31H,1-12,15-18H2,(H3,28,29)(H,30,33). The van der Waals surface area contributed by atoms with E-state index in [9.17, 15) is 18.0 Å². The SMILES string of the molecule is N=C(N)c1ccc(CNC(=O)C2CCCN2C(=O)C(CC2CCCCC2)NS(=O)(=O)CC2CCCCC2)s1. The Kier molecular flexibility index (Phi) is 10.2. The van der Waals surface area contributed by atoms with Crippen molar-refractivity contribution in [3.8, 4) is 0 Å². The Bertz CT molecular complexity index is 1080. The van der Waals surface area contributed by atoms with Crippen molar-refractivity contribution in [2.24, 2.45) is 17.6 Å². The van der Waals surface area contributed by atoms with Crippen LogP contribution in [0.5, 0.6) is 0 Å². The first kappa shape index (κ1) is 29.0. The molecule has 212 valence electrons. The molecule has 1 aliphatic heterocycles. The van der Waals surface area contributed by atoms with Crippen molar-refractivity contribution < 1.29 is 18.0 Å². The lowest BCUT2D eigenvalue weighted by atomic mass is 9.84. The summed E-state index contributed by atoms with van der Waals surface area (Å²) in [5, 5.41) is 10.5. The summed E-state index contributed by atoms with van der Waals surface area (Å²) < 4.78 is 29.2. The summed E-state index contributed by atoms with van der Waals surface area (Å²) >= 11 is 1.36. The van der Waals surface area contributed by atoms with Crippen LogP contribution in [-0.2, 0) is 26.2 Å². The molecule has 1 aromatic heterocycles. The van der Waals surface area contributed by atoms with E-state index < -0.39 is 22.1 Å². The second kappa shape index (κ2) is 13.4. The number of hydrogen-bond acceptors (Lipinski definition) is 6. The molecule has 2 aliphatic carbocycles. The number of nitrogens with two attached hydrogens (primary N) is 1. The number of likely N-dealkylation sites (tertiary alicyclic amines) is 1. The van der Waals surface area contributed by atoms with E-state index in [2.05, 4.69) is 10.0 Å². The van der Waals surface area contributed by atoms with Crippen LogP contribution < -0.4 is 15.8 Å². The van der Waals surface area contributed by atoms with Gasteiger partial charge in [-0.15, -0.1) is 11.3 Å². The van der Waals surface area contributed by atoms with Gasteiger partial charge in [0.1, 0.15) is 17.9 Å². The van der Waals surface area contributed by atoms with Crippen molar-refractivity contribution in [3.63, 3.8) is 0 Å². The Labute approximate surface area is 230 Å². The first-order chi connectivity index (χ1) is 18.2. The van der Waals surface area contributed by atoms with Crippen molar-refractivity contribution in [3.05, 3.63) is 21.9 Å². The highest BCUT2D eigenvalue weighted by molar-refractivity contribution is 7.89. The van der Waals surface area contributed by atoms with Gasteiger partial charge in [0, 0.05) is 11.4 Å². The lowest BCUT2D eigenvalue weighted by Gasteiger charge is -2.32. The largest absolute Gasteiger partial charge is 0.383 e. The van der Waals surface area contributed by atoms with Gasteiger partial charge in [-0.05, 0) is 56.1 Å². The van der Waals surface area contributed by atoms with E-state index in [4.69, 9.17) is 11.1 Å². The van der Waals surface area contributed by atoms with Crippen molar-refractivity contribution in [1.82, 2.24) is 14.9 Å². The number of carbonyl (C=O) groups excluding carboxylic acids is 2. The quantitative estimate of drug-likeness (QED) is 0.240. The van der Waals surface area contributed by atoms with Crippen molar-refractivity contribution in [1.29, 1.82) is 5.41 Å². The Balaban J connectivity index is 1.42. The van der Waals surface area contributed by atoms with Gasteiger partial charge in [0.25, 0.3) is 0 Å². The summed E-state index contributed by atoms with van der Waals surface area (Å²) in [6, 6.07) is 2.16. The molecular weight excluding hydrogens is 522 g/mol. The Morgan fingerprint density at radius 2 is 1.66 bits per heavy atom. The maximum absolute atomic E-state index is 13.8. The van der Waals surface area contributed by atoms with Gasteiger partial charge in [0.15, 0.2) is 0 Å². The fourth-order valence-corrected chi connectivity index (χ4v) is 8.79. The second-order valence-electron chi connectivity index (χ2n) is 11.3. The summed E-state index contributed by atoms with van der Waals surface area (Å²) in [6.07, 6.45) is 12.4. The number of sulfonamides is 1. The van der Waals surface area contributed by atoms with Crippen LogP contribution in [0.2, 0.25) is 0 Å². The van der Waals surface area contributed by atoms with Gasteiger partial charge < -0.3 is 16.0 Å². The fourth-order valence-electron chi connectivity index (χ4n) is 6.30. The molecule has 0 radical (unpaired) electrons. The first-order valence-corrected chi connectivity index (χ1v) is 16.7. The number of amides is 2. The minimum absolute atomic E-state index is 0.00455. The van der Waals surface area contributed by atoms with Crippen LogP contribution >= 0.6 is 11.3 Å². The number of amidine groups is 1. The van der Waals surface area contributed by atoms with E-state index >= 15 is 0 Å². The minimum atomic E-state index is -3.62. The molecule has 11 heteroatoms. The lowest BCUT2D eigenvalue weighted by Crippen LogP contribution is -2.54. The van der Waals surface area contributed by atoms with E-state index in [0.29, 0.717) is 43.1 Å². The van der Waals surface area contributed by atoms with Crippen LogP contribution in [0, 0.1) is 17.2 Å². The average molecular weight is 566 g/mol. The van der Waals surface area contributed by atoms with Gasteiger partial charge in [-0.25, -0.2) is 13.1 Å². The van der Waals surface area contributed by atoms with Gasteiger partial charge in [-0.3, -0.25) is 15.0 Å². The second-order valence-corrected chi connectivity index (χ2v) is 14.2. The molecule has 38 heavy (non-hydrogen) atoms. The molecule has 3 aliphatic rings. The number of nitrogens with zero attached hydrogens (tertiary/aromatic N) is 1. The summed E-state index contributed by atoms with van der Waals surface area (Å²) in [6.45, 7) is 0.755. The number of thiophene rings is 1. The zero-order valence-electron chi connectivity index (χ0n) is 22.3. The molecule has 2 heterocycles. The topological polar surface area (TPSA) is 145 Å². The summed E-state index contributed by atoms with van der Waals surface area (Å²) in [7, 11) is -3.62. The van der Waals surface area contributed by atoms with E-state index in [1.54, 1.807) is 11.0 Å². The number of nitrogen functional groups attached to an aromatic ring is 1. The van der Waals surface area contributed by atoms with Gasteiger partial charge in [-0.1, -0.05) is 51.4 Å². The first-order valence-electron chi connectivity index (χ1n) is 14.2. The van der Waals surface area contributed by atoms with E-state index in [-0.39, 0.29) is 29.3 Å². The van der Waals surface area contributed by atoms with Crippen LogP contribution in [-0.4, -0.2) is 55.3 Å². The molecule has 0 aromatic carbocycles. The third-order valence-corrected chi connectivity index (χ3v) is 11.0. The molecule has 2 atom stereocenters. The normalized spacial score (nSPS) is 22.3. The molecule has 2 amide bonds. The number of nitrogens with one attached hydrogen (secondary N) is 3. The smallest absolute Gasteiger partial charge is 0.243 e. The molecular formula is C27H43N5O4S2. The third kappa shape index (κ3) is 8.02. The summed E-state index contributed by atoms with van der Waals surface area (Å²) in [5.41, 5.74) is 5.54. The maximum atomic E-state index is 13.8. The zero-order chi connectivity index (χ0) is 27.1. The highest BCUT2D eigenvalue weighted by Gasteiger charge is 2.39. The van der Waals surface area contributed by atoms with Crippen LogP contribution in [0.3, 0.4) is 0 Å². The van der Waals surface area contributed by atoms with E-state index in [1.807, 2.05) is 6.07 Å². The third-order valence-electron chi connectivity index (χ3n) is 8.30. The van der Waals surface area contributed by atoms with Gasteiger partial charge in [-0.2, -0.15) is 0 Å². The predicted octanol–water partition coefficient (Wildman–Crippen LogP) is 3.48. The number of hydrogen-bond donors (Lipinski definition) is 4. The Hall–Kier alpha value is -1.98. The minimum Gasteiger partial charge on any atom is -0.383 e. The van der Waals surface area contributed by atoms with Crippen molar-refractivity contribution in [2.75, 3.05) is 12.3 Å². The Morgan fingerprint density at radius 1 is 1.00 bits per heavy atom. The van der Waals surface area contributed by atoms with E-state index in [1.165, 1.54) is 17.8 Å². The molecule has 4 rings (SSSR count). The maximum Gasteiger partial charge on any atom is 0.243 e. The molecule has 1 aromatic rings. The molecule has 0 bridgehead atoms. The predicted molar refractivity (Wildman–Crippen MR) is 150 cm³/mol. The number of rotatable bonds is 11. The Morgan fingerprint density at radius 3 is 2.29 bits per heavy atom. The zero-order valence-corrected chi connectivity index (χ0v) is 23.9. The van der Waals surface area contributed by atoms with Crippen LogP contribution in [0.4, 0.5) is 0 Å². The molecule has 0 spiro atoms. The van der Waals surface area contributed by atoms with Crippen molar-refractivity contribution >= 4 is 39.0 Å². The highest BCUT2D eigenvalue weighted by Crippen LogP contribution is 2.30. The molecule has 3 fully saturated rings. The summed E-state index contributed by atoms with van der Waals surface area (Å²) in [5.74, 6) is 0.0478. The van der Waals surface area contributed by atoms with Gasteiger partial charge in [0.2, 0.25) is 21.8 Å². The van der Waals surface area contributed by atoms with Crippen molar-refractivity contribution in [2.45, 2.75) is 102 Å². The fraction of sp³-hybridized carbons (Fsp3) is 0.741. The molecule has 2 saturated carbocycles. The molecule has 5 N–H and O–H groups in total. The van der Waals surface area contributed by atoms with Crippen LogP contribution in [0.25, 0.3) is 0 Å². The molecule has 9 nitrogen and oxygen atoms in total. The average Bonchev–Trinajstić information content (AvgIpc) is 3.58.